The minimum atomic E-state index is -3.78. The maximum Gasteiger partial charge on any atom is 0.240 e. The van der Waals surface area contributed by atoms with Crippen LogP contribution in [0.4, 0.5) is 15.8 Å². The Morgan fingerprint density at radius 1 is 1.00 bits per heavy atom. The molecule has 0 fully saturated rings. The number of hydrogen-bond donors (Lipinski definition) is 2. The van der Waals surface area contributed by atoms with Crippen LogP contribution in [0, 0.1) is 5.82 Å². The van der Waals surface area contributed by atoms with Gasteiger partial charge in [0.15, 0.2) is 0 Å². The van der Waals surface area contributed by atoms with Crippen molar-refractivity contribution in [2.45, 2.75) is 18.7 Å². The van der Waals surface area contributed by atoms with Gasteiger partial charge in [-0.05, 0) is 48.5 Å². The van der Waals surface area contributed by atoms with E-state index in [4.69, 9.17) is 0 Å². The van der Waals surface area contributed by atoms with Crippen molar-refractivity contribution in [3.8, 4) is 0 Å². The fraction of sp³-hybridized carbons (Fsp3) is 0.222. The molecule has 0 heterocycles. The van der Waals surface area contributed by atoms with Crippen LogP contribution in [0.5, 0.6) is 0 Å². The highest BCUT2D eigenvalue weighted by atomic mass is 32.2. The monoisotopic (exact) mass is 393 g/mol. The van der Waals surface area contributed by atoms with Crippen molar-refractivity contribution in [1.29, 1.82) is 0 Å². The van der Waals surface area contributed by atoms with Crippen LogP contribution in [0.3, 0.4) is 0 Å². The number of halogens is 1. The normalized spacial score (nSPS) is 11.1. The van der Waals surface area contributed by atoms with Gasteiger partial charge >= 0.3 is 0 Å². The summed E-state index contributed by atoms with van der Waals surface area (Å²) in [6.45, 7) is 2.77. The Hall–Kier alpha value is -2.78. The van der Waals surface area contributed by atoms with Crippen LogP contribution in [0.15, 0.2) is 53.4 Å². The van der Waals surface area contributed by atoms with Crippen molar-refractivity contribution < 1.29 is 22.4 Å². The Kier molecular flexibility index (Phi) is 6.65. The minimum Gasteiger partial charge on any atom is -0.326 e. The molecule has 0 aliphatic carbocycles. The molecule has 0 saturated carbocycles. The molecule has 0 spiro atoms. The molecule has 0 aliphatic heterocycles. The second-order valence-corrected chi connectivity index (χ2v) is 7.52. The van der Waals surface area contributed by atoms with E-state index in [9.17, 15) is 22.4 Å². The molecule has 0 aliphatic rings. The number of anilines is 2. The average Bonchev–Trinajstić information content (AvgIpc) is 2.59. The van der Waals surface area contributed by atoms with E-state index < -0.39 is 15.8 Å². The lowest BCUT2D eigenvalue weighted by Crippen LogP contribution is -2.37. The molecule has 2 aromatic rings. The van der Waals surface area contributed by atoms with Gasteiger partial charge in [0.05, 0.1) is 4.90 Å². The van der Waals surface area contributed by atoms with Gasteiger partial charge in [-0.25, -0.2) is 17.5 Å². The summed E-state index contributed by atoms with van der Waals surface area (Å²) in [6, 6.07) is 11.1. The predicted octanol–water partition coefficient (Wildman–Crippen LogP) is 2.12. The van der Waals surface area contributed by atoms with E-state index in [-0.39, 0.29) is 29.8 Å². The highest BCUT2D eigenvalue weighted by Crippen LogP contribution is 2.16. The van der Waals surface area contributed by atoms with Gasteiger partial charge in [0.25, 0.3) is 0 Å². The van der Waals surface area contributed by atoms with Crippen molar-refractivity contribution in [3.05, 3.63) is 54.3 Å². The van der Waals surface area contributed by atoms with Crippen LogP contribution in [0.2, 0.25) is 0 Å². The fourth-order valence-corrected chi connectivity index (χ4v) is 3.41. The lowest BCUT2D eigenvalue weighted by atomic mass is 10.2. The molecule has 0 unspecified atom stereocenters. The lowest BCUT2D eigenvalue weighted by molar-refractivity contribution is -0.116. The molecule has 0 atom stereocenters. The van der Waals surface area contributed by atoms with Crippen molar-refractivity contribution in [2.75, 3.05) is 23.3 Å². The summed E-state index contributed by atoms with van der Waals surface area (Å²) in [6.07, 6.45) is 0. The zero-order valence-corrected chi connectivity index (χ0v) is 15.7. The van der Waals surface area contributed by atoms with Gasteiger partial charge in [0.1, 0.15) is 5.82 Å². The summed E-state index contributed by atoms with van der Waals surface area (Å²) in [5.41, 5.74) is 0.961. The van der Waals surface area contributed by atoms with Gasteiger partial charge in [-0.3, -0.25) is 9.59 Å². The Labute approximate surface area is 157 Å². The van der Waals surface area contributed by atoms with E-state index in [1.807, 2.05) is 0 Å². The molecule has 0 saturated heterocycles. The lowest BCUT2D eigenvalue weighted by Gasteiger charge is -2.21. The van der Waals surface area contributed by atoms with Crippen LogP contribution < -0.4 is 14.9 Å². The zero-order chi connectivity index (χ0) is 20.0. The van der Waals surface area contributed by atoms with E-state index in [0.29, 0.717) is 11.4 Å². The SMILES string of the molecule is CC(=O)Nc1ccc(S(=O)(=O)NCCN(C(C)=O)c2ccc(F)cc2)cc1. The highest BCUT2D eigenvalue weighted by Gasteiger charge is 2.16. The second-order valence-electron chi connectivity index (χ2n) is 5.75. The molecule has 9 heteroatoms. The van der Waals surface area contributed by atoms with Crippen molar-refractivity contribution >= 4 is 33.2 Å². The maximum atomic E-state index is 13.0. The molecule has 2 amide bonds. The van der Waals surface area contributed by atoms with Gasteiger partial charge in [0, 0.05) is 38.3 Å². The highest BCUT2D eigenvalue weighted by molar-refractivity contribution is 7.89. The topological polar surface area (TPSA) is 95.6 Å². The molecular formula is C18H20FN3O4S. The Morgan fingerprint density at radius 2 is 1.59 bits per heavy atom. The minimum absolute atomic E-state index is 0.0211. The van der Waals surface area contributed by atoms with Crippen LogP contribution >= 0.6 is 0 Å². The van der Waals surface area contributed by atoms with Gasteiger partial charge in [0.2, 0.25) is 21.8 Å². The quantitative estimate of drug-likeness (QED) is 0.753. The third kappa shape index (κ3) is 5.87. The van der Waals surface area contributed by atoms with Gasteiger partial charge < -0.3 is 10.2 Å². The Bertz CT molecular complexity index is 913. The first-order valence-electron chi connectivity index (χ1n) is 8.10. The van der Waals surface area contributed by atoms with E-state index in [2.05, 4.69) is 10.0 Å². The third-order valence-electron chi connectivity index (χ3n) is 3.63. The standard InChI is InChI=1S/C18H20FN3O4S/c1-13(23)21-16-5-9-18(10-6-16)27(25,26)20-11-12-22(14(2)24)17-7-3-15(19)4-8-17/h3-10,20H,11-12H2,1-2H3,(H,21,23). The largest absolute Gasteiger partial charge is 0.326 e. The van der Waals surface area contributed by atoms with Crippen molar-refractivity contribution in [1.82, 2.24) is 4.72 Å². The van der Waals surface area contributed by atoms with Gasteiger partial charge in [-0.2, -0.15) is 0 Å². The first-order valence-corrected chi connectivity index (χ1v) is 9.58. The molecule has 144 valence electrons. The van der Waals surface area contributed by atoms with Crippen molar-refractivity contribution in [2.24, 2.45) is 0 Å². The maximum absolute atomic E-state index is 13.0. The molecule has 0 radical (unpaired) electrons. The molecule has 0 bridgehead atoms. The smallest absolute Gasteiger partial charge is 0.240 e. The first-order chi connectivity index (χ1) is 12.7. The molecule has 2 rings (SSSR count). The summed E-state index contributed by atoms with van der Waals surface area (Å²) in [7, 11) is -3.78. The van der Waals surface area contributed by atoms with Crippen LogP contribution in [-0.4, -0.2) is 33.3 Å². The summed E-state index contributed by atoms with van der Waals surface area (Å²) >= 11 is 0. The second kappa shape index (κ2) is 8.74. The van der Waals surface area contributed by atoms with E-state index >= 15 is 0 Å². The number of carbonyl (C=O) groups is 2. The number of nitrogens with one attached hydrogen (secondary N) is 2. The van der Waals surface area contributed by atoms with E-state index in [0.717, 1.165) is 0 Å². The number of amides is 2. The van der Waals surface area contributed by atoms with Gasteiger partial charge in [-0.15, -0.1) is 0 Å². The molecule has 27 heavy (non-hydrogen) atoms. The molecule has 0 aromatic heterocycles. The van der Waals surface area contributed by atoms with Crippen LogP contribution in [0.25, 0.3) is 0 Å². The first kappa shape index (κ1) is 20.5. The summed E-state index contributed by atoms with van der Waals surface area (Å²) in [5, 5.41) is 2.55. The summed E-state index contributed by atoms with van der Waals surface area (Å²) in [5.74, 6) is -0.972. The summed E-state index contributed by atoms with van der Waals surface area (Å²) < 4.78 is 40.1. The Balaban J connectivity index is 2.02. The molecular weight excluding hydrogens is 373 g/mol. The fourth-order valence-electron chi connectivity index (χ4n) is 2.39. The number of hydrogen-bond acceptors (Lipinski definition) is 4. The van der Waals surface area contributed by atoms with E-state index in [1.165, 1.54) is 67.3 Å². The molecule has 2 aromatic carbocycles. The third-order valence-corrected chi connectivity index (χ3v) is 5.11. The van der Waals surface area contributed by atoms with Gasteiger partial charge in [-0.1, -0.05) is 0 Å². The molecule has 7 nitrogen and oxygen atoms in total. The predicted molar refractivity (Wildman–Crippen MR) is 100 cm³/mol. The average molecular weight is 393 g/mol. The van der Waals surface area contributed by atoms with Crippen LogP contribution in [-0.2, 0) is 19.6 Å². The van der Waals surface area contributed by atoms with E-state index in [1.54, 1.807) is 0 Å². The number of benzene rings is 2. The summed E-state index contributed by atoms with van der Waals surface area (Å²) in [4.78, 5) is 24.2. The number of sulfonamides is 1. The number of nitrogens with zero attached hydrogens (tertiary/aromatic N) is 1. The Morgan fingerprint density at radius 3 is 2.11 bits per heavy atom. The molecule has 2 N–H and O–H groups in total. The zero-order valence-electron chi connectivity index (χ0n) is 14.9. The van der Waals surface area contributed by atoms with Crippen molar-refractivity contribution in [3.63, 3.8) is 0 Å². The van der Waals surface area contributed by atoms with Crippen LogP contribution in [0.1, 0.15) is 13.8 Å². The number of carbonyl (C=O) groups excluding carboxylic acids is 2. The number of rotatable bonds is 7.